The molecule has 126 valence electrons. The number of hydrogen-bond acceptors (Lipinski definition) is 4. The van der Waals surface area contributed by atoms with Gasteiger partial charge in [0.1, 0.15) is 11.6 Å². The zero-order valence-corrected chi connectivity index (χ0v) is 14.9. The third-order valence-electron chi connectivity index (χ3n) is 4.96. The van der Waals surface area contributed by atoms with Crippen molar-refractivity contribution in [2.24, 2.45) is 0 Å². The zero-order chi connectivity index (χ0) is 16.7. The smallest absolute Gasteiger partial charge is 0.231 e. The van der Waals surface area contributed by atoms with Crippen molar-refractivity contribution in [3.05, 3.63) is 41.5 Å². The molecule has 0 spiro atoms. The number of aromatic nitrogens is 3. The van der Waals surface area contributed by atoms with Gasteiger partial charge in [-0.25, -0.2) is 9.67 Å². The van der Waals surface area contributed by atoms with Crippen molar-refractivity contribution in [2.45, 2.75) is 43.5 Å². The monoisotopic (exact) mass is 342 g/mol. The molecule has 2 aromatic rings. The first kappa shape index (κ1) is 15.7. The molecule has 4 rings (SSSR count). The first-order valence-electron chi connectivity index (χ1n) is 8.54. The molecule has 1 fully saturated rings. The molecule has 0 bridgehead atoms. The van der Waals surface area contributed by atoms with Crippen LogP contribution in [-0.2, 0) is 4.79 Å². The van der Waals surface area contributed by atoms with Crippen LogP contribution in [0.2, 0.25) is 0 Å². The highest BCUT2D eigenvalue weighted by Gasteiger charge is 2.35. The van der Waals surface area contributed by atoms with E-state index < -0.39 is 0 Å². The Balaban J connectivity index is 1.52. The number of piperidine rings is 1. The molecule has 2 aliphatic rings. The molecule has 0 radical (unpaired) electrons. The van der Waals surface area contributed by atoms with E-state index in [0.29, 0.717) is 0 Å². The number of carbonyl (C=O) groups excluding carboxylic acids is 1. The summed E-state index contributed by atoms with van der Waals surface area (Å²) < 4.78 is 2.01. The van der Waals surface area contributed by atoms with Crippen molar-refractivity contribution < 1.29 is 4.79 Å². The Labute approximate surface area is 146 Å². The fourth-order valence-electron chi connectivity index (χ4n) is 3.82. The number of nitrogens with zero attached hydrogens (tertiary/aromatic N) is 4. The van der Waals surface area contributed by atoms with Crippen LogP contribution in [0.25, 0.3) is 0 Å². The van der Waals surface area contributed by atoms with Crippen LogP contribution in [0.3, 0.4) is 0 Å². The predicted octanol–water partition coefficient (Wildman–Crippen LogP) is 2.95. The van der Waals surface area contributed by atoms with Gasteiger partial charge in [0.25, 0.3) is 0 Å². The van der Waals surface area contributed by atoms with Gasteiger partial charge in [-0.3, -0.25) is 4.79 Å². The molecular formula is C18H22N4OS. The predicted molar refractivity (Wildman–Crippen MR) is 94.3 cm³/mol. The Kier molecular flexibility index (Phi) is 4.08. The summed E-state index contributed by atoms with van der Waals surface area (Å²) in [7, 11) is 0. The van der Waals surface area contributed by atoms with Crippen LogP contribution in [0.15, 0.2) is 29.2 Å². The zero-order valence-electron chi connectivity index (χ0n) is 14.1. The van der Waals surface area contributed by atoms with Crippen molar-refractivity contribution in [1.82, 2.24) is 19.7 Å². The molecule has 0 N–H and O–H groups in total. The molecule has 1 saturated heterocycles. The van der Waals surface area contributed by atoms with Crippen LogP contribution in [0.4, 0.5) is 0 Å². The van der Waals surface area contributed by atoms with Gasteiger partial charge in [0, 0.05) is 23.7 Å². The van der Waals surface area contributed by atoms with Gasteiger partial charge in [-0.15, -0.1) is 11.8 Å². The van der Waals surface area contributed by atoms with Crippen LogP contribution in [0.5, 0.6) is 0 Å². The maximum absolute atomic E-state index is 13.1. The van der Waals surface area contributed by atoms with E-state index in [2.05, 4.69) is 22.2 Å². The second kappa shape index (κ2) is 6.24. The molecule has 2 aliphatic heterocycles. The van der Waals surface area contributed by atoms with E-state index in [-0.39, 0.29) is 17.9 Å². The third kappa shape index (κ3) is 2.73. The fourth-order valence-corrected chi connectivity index (χ4v) is 5.04. The van der Waals surface area contributed by atoms with Crippen LogP contribution in [-0.4, -0.2) is 44.4 Å². The molecule has 1 amide bonds. The quantitative estimate of drug-likeness (QED) is 0.842. The Morgan fingerprint density at radius 3 is 2.92 bits per heavy atom. The van der Waals surface area contributed by atoms with Crippen LogP contribution >= 0.6 is 11.8 Å². The van der Waals surface area contributed by atoms with E-state index in [1.54, 1.807) is 11.8 Å². The van der Waals surface area contributed by atoms with Crippen LogP contribution in [0.1, 0.15) is 42.0 Å². The van der Waals surface area contributed by atoms with E-state index >= 15 is 0 Å². The summed E-state index contributed by atoms with van der Waals surface area (Å²) in [5.74, 6) is 2.88. The topological polar surface area (TPSA) is 51.0 Å². The average molecular weight is 342 g/mol. The Morgan fingerprint density at radius 1 is 1.29 bits per heavy atom. The van der Waals surface area contributed by atoms with Gasteiger partial charge in [-0.1, -0.05) is 18.2 Å². The van der Waals surface area contributed by atoms with Crippen molar-refractivity contribution in [3.63, 3.8) is 0 Å². The normalized spacial score (nSPS) is 23.3. The van der Waals surface area contributed by atoms with E-state index in [1.807, 2.05) is 35.6 Å². The highest BCUT2D eigenvalue weighted by molar-refractivity contribution is 7.99. The highest BCUT2D eigenvalue weighted by atomic mass is 32.2. The number of thioether (sulfide) groups is 1. The summed E-state index contributed by atoms with van der Waals surface area (Å²) in [5.41, 5.74) is 1.20. The van der Waals surface area contributed by atoms with E-state index in [1.165, 1.54) is 10.5 Å². The highest BCUT2D eigenvalue weighted by Crippen LogP contribution is 2.40. The van der Waals surface area contributed by atoms with E-state index in [9.17, 15) is 4.79 Å². The van der Waals surface area contributed by atoms with Crippen molar-refractivity contribution >= 4 is 17.7 Å². The summed E-state index contributed by atoms with van der Waals surface area (Å²) >= 11 is 1.80. The number of benzene rings is 1. The van der Waals surface area contributed by atoms with Gasteiger partial charge < -0.3 is 4.90 Å². The summed E-state index contributed by atoms with van der Waals surface area (Å²) in [5, 5.41) is 4.52. The van der Waals surface area contributed by atoms with Gasteiger partial charge in [-0.2, -0.15) is 5.10 Å². The molecule has 1 aromatic carbocycles. The minimum atomic E-state index is 0.00327. The number of aryl methyl sites for hydroxylation is 2. The molecule has 5 nitrogen and oxygen atoms in total. The summed E-state index contributed by atoms with van der Waals surface area (Å²) in [6.07, 6.45) is 2.08. The van der Waals surface area contributed by atoms with Crippen LogP contribution in [0, 0.1) is 13.8 Å². The number of fused-ring (bicyclic) bond motifs is 1. The average Bonchev–Trinajstić information content (AvgIpc) is 3.17. The largest absolute Gasteiger partial charge is 0.340 e. The number of hydrogen-bond donors (Lipinski definition) is 0. The lowest BCUT2D eigenvalue weighted by Gasteiger charge is -2.34. The van der Waals surface area contributed by atoms with Crippen molar-refractivity contribution in [3.8, 4) is 0 Å². The maximum atomic E-state index is 13.1. The fraction of sp³-hybridized carbons (Fsp3) is 0.500. The van der Waals surface area contributed by atoms with Gasteiger partial charge in [0.05, 0.1) is 12.0 Å². The molecule has 24 heavy (non-hydrogen) atoms. The molecule has 6 heteroatoms. The Bertz CT molecular complexity index is 772. The molecule has 3 heterocycles. The Morgan fingerprint density at radius 2 is 2.12 bits per heavy atom. The molecule has 2 atom stereocenters. The lowest BCUT2D eigenvalue weighted by atomic mass is 9.97. The van der Waals surface area contributed by atoms with Crippen molar-refractivity contribution in [1.29, 1.82) is 0 Å². The van der Waals surface area contributed by atoms with Gasteiger partial charge in [0.2, 0.25) is 5.91 Å². The molecule has 0 aliphatic carbocycles. The third-order valence-corrected chi connectivity index (χ3v) is 6.14. The summed E-state index contributed by atoms with van der Waals surface area (Å²) in [6, 6.07) is 8.54. The lowest BCUT2D eigenvalue weighted by Crippen LogP contribution is -2.43. The minimum absolute atomic E-state index is 0.00327. The lowest BCUT2D eigenvalue weighted by molar-refractivity contribution is -0.134. The molecule has 1 aromatic heterocycles. The second-order valence-corrected chi connectivity index (χ2v) is 7.69. The summed E-state index contributed by atoms with van der Waals surface area (Å²) in [6.45, 7) is 5.50. The van der Waals surface area contributed by atoms with E-state index in [0.717, 1.165) is 43.3 Å². The van der Waals surface area contributed by atoms with Gasteiger partial charge >= 0.3 is 0 Å². The van der Waals surface area contributed by atoms with E-state index in [4.69, 9.17) is 0 Å². The maximum Gasteiger partial charge on any atom is 0.231 e. The number of carbonyl (C=O) groups is 1. The number of likely N-dealkylation sites (tertiary alicyclic amines) is 1. The molecular weight excluding hydrogens is 320 g/mol. The second-order valence-electron chi connectivity index (χ2n) is 6.63. The summed E-state index contributed by atoms with van der Waals surface area (Å²) in [4.78, 5) is 20.8. The number of amides is 1. The minimum Gasteiger partial charge on any atom is -0.340 e. The molecule has 0 saturated carbocycles. The SMILES string of the molecule is Cc1nc(C)n([C@H]2CCCN(C(=O)[C@@H]3CSc4ccccc43)C2)n1. The van der Waals surface area contributed by atoms with Crippen molar-refractivity contribution in [2.75, 3.05) is 18.8 Å². The number of rotatable bonds is 2. The van der Waals surface area contributed by atoms with Gasteiger partial charge in [0.15, 0.2) is 0 Å². The first-order chi connectivity index (χ1) is 11.6. The standard InChI is InChI=1S/C18H22N4OS/c1-12-19-13(2)22(20-12)14-6-5-9-21(10-14)18(23)16-11-24-17-8-4-3-7-15(16)17/h3-4,7-8,14,16H,5-6,9-11H2,1-2H3/t14-,16+/m0/s1. The first-order valence-corrected chi connectivity index (χ1v) is 9.52. The van der Waals surface area contributed by atoms with Crippen LogP contribution < -0.4 is 0 Å². The van der Waals surface area contributed by atoms with Gasteiger partial charge in [-0.05, 0) is 38.3 Å². The molecule has 0 unspecified atom stereocenters. The Hall–Kier alpha value is -1.82.